The normalized spacial score (nSPS) is 8.58. The molecule has 0 radical (unpaired) electrons. The van der Waals surface area contributed by atoms with Crippen molar-refractivity contribution in [3.05, 3.63) is 65.7 Å². The maximum atomic E-state index is 12.0. The maximum Gasteiger partial charge on any atom is 1.00 e. The largest absolute Gasteiger partial charge is 1.00 e. The molecule has 2 aromatic rings. The number of carbonyl (C=O) groups is 1. The number of benzene rings is 2. The van der Waals surface area contributed by atoms with Crippen molar-refractivity contribution in [2.45, 2.75) is 0 Å². The monoisotopic (exact) mass is 281 g/mol. The molecule has 0 aliphatic rings. The van der Waals surface area contributed by atoms with E-state index in [2.05, 4.69) is 5.32 Å². The minimum absolute atomic E-state index is 0. The first-order valence-electron chi connectivity index (χ1n) is 5.59. The van der Waals surface area contributed by atoms with Gasteiger partial charge in [0.15, 0.2) is 5.78 Å². The fourth-order valence-electron chi connectivity index (χ4n) is 1.54. The molecule has 0 saturated carbocycles. The van der Waals surface area contributed by atoms with E-state index in [4.69, 9.17) is 5.11 Å². The topological polar surface area (TPSA) is 52.2 Å². The predicted molar refractivity (Wildman–Crippen MR) is 71.8 cm³/mol. The molecule has 0 spiro atoms. The van der Waals surface area contributed by atoms with Crippen molar-refractivity contribution in [3.8, 4) is 0 Å². The molecule has 0 amide bonds. The molecule has 0 heterocycles. The van der Waals surface area contributed by atoms with Crippen molar-refractivity contribution in [3.63, 3.8) is 0 Å². The number of ketones is 1. The predicted octanol–water partition coefficient (Wildman–Crippen LogP) is -1.06. The van der Waals surface area contributed by atoms with Gasteiger partial charge in [-0.3, -0.25) is 4.79 Å². The van der Waals surface area contributed by atoms with Crippen molar-refractivity contribution in [1.29, 1.82) is 0 Å². The Labute approximate surface area is 156 Å². The third-order valence-electron chi connectivity index (χ3n) is 2.47. The summed E-state index contributed by atoms with van der Waals surface area (Å²) in [5.41, 5.74) is 2.44. The molecule has 0 aliphatic carbocycles. The Balaban J connectivity index is 0.00000103. The van der Waals surface area contributed by atoms with E-state index in [-0.39, 0.29) is 57.2 Å². The number of anilines is 1. The number of rotatable bonds is 3. The van der Waals surface area contributed by atoms with Crippen LogP contribution < -0.4 is 61.8 Å². The number of hydrogen-bond acceptors (Lipinski definition) is 3. The summed E-state index contributed by atoms with van der Waals surface area (Å²) >= 11 is 0. The van der Waals surface area contributed by atoms with Crippen LogP contribution in [0.3, 0.4) is 0 Å². The van der Waals surface area contributed by atoms with Gasteiger partial charge in [-0.2, -0.15) is 7.11 Å². The minimum Gasteiger partial charge on any atom is -0.857 e. The molecular formula is C15H16KNO2. The van der Waals surface area contributed by atoms with Crippen LogP contribution in [0.15, 0.2) is 54.6 Å². The molecule has 1 N–H and O–H groups in total. The molecule has 2 rings (SSSR count). The van der Waals surface area contributed by atoms with E-state index in [1.165, 1.54) is 0 Å². The van der Waals surface area contributed by atoms with E-state index < -0.39 is 0 Å². The third-order valence-corrected chi connectivity index (χ3v) is 2.47. The molecule has 0 saturated heterocycles. The van der Waals surface area contributed by atoms with Gasteiger partial charge in [0.25, 0.3) is 0 Å². The summed E-state index contributed by atoms with van der Waals surface area (Å²) in [6.45, 7) is 0. The second kappa shape index (κ2) is 10.3. The van der Waals surface area contributed by atoms with Crippen LogP contribution in [0.1, 0.15) is 15.9 Å². The second-order valence-electron chi connectivity index (χ2n) is 3.52. The Bertz CT molecular complexity index is 483. The van der Waals surface area contributed by atoms with Crippen LogP contribution in [0, 0.1) is 0 Å². The Morgan fingerprint density at radius 1 is 0.895 bits per heavy atom. The molecular weight excluding hydrogens is 265 g/mol. The summed E-state index contributed by atoms with van der Waals surface area (Å²) in [6, 6.07) is 16.8. The molecule has 4 heteroatoms. The van der Waals surface area contributed by atoms with Gasteiger partial charge in [-0.25, -0.2) is 0 Å². The van der Waals surface area contributed by atoms with Gasteiger partial charge in [0.2, 0.25) is 0 Å². The number of hydrogen-bond donors (Lipinski definition) is 1. The molecule has 19 heavy (non-hydrogen) atoms. The molecule has 0 fully saturated rings. The second-order valence-corrected chi connectivity index (χ2v) is 3.52. The van der Waals surface area contributed by atoms with Gasteiger partial charge < -0.3 is 10.4 Å². The quantitative estimate of drug-likeness (QED) is 0.576. The zero-order valence-corrected chi connectivity index (χ0v) is 14.6. The van der Waals surface area contributed by atoms with Gasteiger partial charge in [-0.05, 0) is 24.3 Å². The molecule has 0 atom stereocenters. The van der Waals surface area contributed by atoms with Crippen molar-refractivity contribution < 1.29 is 61.3 Å². The van der Waals surface area contributed by atoms with E-state index in [1.807, 2.05) is 61.6 Å². The Kier molecular flexibility index (Phi) is 10.0. The molecule has 3 nitrogen and oxygen atoms in total. The number of carbonyl (C=O) groups excluding carboxylic acids is 1. The molecule has 0 unspecified atom stereocenters. The van der Waals surface area contributed by atoms with E-state index in [0.29, 0.717) is 5.56 Å². The summed E-state index contributed by atoms with van der Waals surface area (Å²) in [4.78, 5) is 12.0. The first-order chi connectivity index (χ1) is 8.81. The zero-order chi connectivity index (χ0) is 13.4. The maximum absolute atomic E-state index is 12.0. The zero-order valence-electron chi connectivity index (χ0n) is 11.5. The SMILES string of the molecule is CNc1ccc(C(=O)c2ccccc2)cc1.C[O-].[K+]. The van der Waals surface area contributed by atoms with Crippen molar-refractivity contribution in [2.24, 2.45) is 0 Å². The standard InChI is InChI=1S/C14H13NO.CH3O.K/c1-15-13-9-7-12(8-10-13)14(16)11-5-3-2-4-6-11;1-2;/h2-10,15H,1H3;1H3;/q;-1;+1. The Morgan fingerprint density at radius 2 is 1.37 bits per heavy atom. The summed E-state index contributed by atoms with van der Waals surface area (Å²) in [5, 5.41) is 11.3. The van der Waals surface area contributed by atoms with Crippen LogP contribution >= 0.6 is 0 Å². The third kappa shape index (κ3) is 5.56. The van der Waals surface area contributed by atoms with Crippen LogP contribution in [-0.2, 0) is 0 Å². The molecule has 94 valence electrons. The molecule has 0 aliphatic heterocycles. The molecule has 2 aromatic carbocycles. The van der Waals surface area contributed by atoms with Crippen molar-refractivity contribution in [2.75, 3.05) is 19.5 Å². The van der Waals surface area contributed by atoms with Crippen LogP contribution in [0.4, 0.5) is 5.69 Å². The van der Waals surface area contributed by atoms with Gasteiger partial charge in [0.05, 0.1) is 0 Å². The van der Waals surface area contributed by atoms with Gasteiger partial charge in [-0.15, -0.1) is 0 Å². The first-order valence-corrected chi connectivity index (χ1v) is 5.59. The summed E-state index contributed by atoms with van der Waals surface area (Å²) in [5.74, 6) is 0.0586. The van der Waals surface area contributed by atoms with Gasteiger partial charge in [0, 0.05) is 23.9 Å². The first kappa shape index (κ1) is 18.5. The van der Waals surface area contributed by atoms with Gasteiger partial charge in [-0.1, -0.05) is 30.3 Å². The summed E-state index contributed by atoms with van der Waals surface area (Å²) in [7, 11) is 2.61. The van der Waals surface area contributed by atoms with E-state index >= 15 is 0 Å². The summed E-state index contributed by atoms with van der Waals surface area (Å²) < 4.78 is 0. The van der Waals surface area contributed by atoms with E-state index in [0.717, 1.165) is 18.4 Å². The van der Waals surface area contributed by atoms with Crippen molar-refractivity contribution in [1.82, 2.24) is 0 Å². The average molecular weight is 281 g/mol. The smallest absolute Gasteiger partial charge is 0.857 e. The molecule has 0 bridgehead atoms. The van der Waals surface area contributed by atoms with Crippen LogP contribution in [0.2, 0.25) is 0 Å². The van der Waals surface area contributed by atoms with Gasteiger partial charge >= 0.3 is 51.4 Å². The fraction of sp³-hybridized carbons (Fsp3) is 0.133. The van der Waals surface area contributed by atoms with E-state index in [9.17, 15) is 4.79 Å². The van der Waals surface area contributed by atoms with Crippen molar-refractivity contribution >= 4 is 11.5 Å². The number of nitrogens with one attached hydrogen (secondary N) is 1. The Hall–Kier alpha value is -0.494. The summed E-state index contributed by atoms with van der Waals surface area (Å²) in [6.07, 6.45) is 0. The Morgan fingerprint density at radius 3 is 1.84 bits per heavy atom. The van der Waals surface area contributed by atoms with E-state index in [1.54, 1.807) is 0 Å². The van der Waals surface area contributed by atoms with Crippen LogP contribution in [0.25, 0.3) is 0 Å². The average Bonchev–Trinajstić information content (AvgIpc) is 2.49. The van der Waals surface area contributed by atoms with Crippen LogP contribution in [-0.4, -0.2) is 19.9 Å². The molecule has 0 aromatic heterocycles. The minimum atomic E-state index is 0. The van der Waals surface area contributed by atoms with Crippen LogP contribution in [0.5, 0.6) is 0 Å². The van der Waals surface area contributed by atoms with Gasteiger partial charge in [0.1, 0.15) is 0 Å². The fourth-order valence-corrected chi connectivity index (χ4v) is 1.54.